The molecule has 136 valence electrons. The summed E-state index contributed by atoms with van der Waals surface area (Å²) in [4.78, 5) is 46.2. The first kappa shape index (κ1) is 20.2. The molecule has 1 saturated heterocycles. The zero-order valence-corrected chi connectivity index (χ0v) is 13.8. The predicted octanol–water partition coefficient (Wildman–Crippen LogP) is -3.17. The number of carboxylic acids is 1. The minimum Gasteiger partial charge on any atom is -0.480 e. The number of carboxylic acid groups (broad SMARTS) is 1. The van der Waals surface area contributed by atoms with Gasteiger partial charge in [0.25, 0.3) is 0 Å². The predicted molar refractivity (Wildman–Crippen MR) is 86.5 cm³/mol. The molecule has 0 bridgehead atoms. The summed E-state index contributed by atoms with van der Waals surface area (Å²) in [5.41, 5.74) is 0. The van der Waals surface area contributed by atoms with E-state index >= 15 is 0 Å². The first-order chi connectivity index (χ1) is 11.4. The topological polar surface area (TPSA) is 157 Å². The van der Waals surface area contributed by atoms with Crippen molar-refractivity contribution in [1.29, 1.82) is 0 Å². The van der Waals surface area contributed by atoms with E-state index in [1.807, 2.05) is 5.32 Å². The van der Waals surface area contributed by atoms with Gasteiger partial charge in [0.1, 0.15) is 12.1 Å². The molecule has 3 atom stereocenters. The van der Waals surface area contributed by atoms with E-state index in [1.165, 1.54) is 0 Å². The lowest BCUT2D eigenvalue weighted by Crippen LogP contribution is -2.54. The van der Waals surface area contributed by atoms with Crippen molar-refractivity contribution in [2.45, 2.75) is 31.0 Å². The summed E-state index contributed by atoms with van der Waals surface area (Å²) in [6, 6.07) is -2.70. The second-order valence-electron chi connectivity index (χ2n) is 5.25. The monoisotopic (exact) mass is 362 g/mol. The van der Waals surface area contributed by atoms with E-state index in [0.717, 1.165) is 13.0 Å². The van der Waals surface area contributed by atoms with Crippen molar-refractivity contribution in [2.75, 3.05) is 25.4 Å². The molecule has 11 heteroatoms. The van der Waals surface area contributed by atoms with Gasteiger partial charge in [0.2, 0.25) is 17.7 Å². The smallest absolute Gasteiger partial charge is 0.328 e. The molecule has 10 nitrogen and oxygen atoms in total. The summed E-state index contributed by atoms with van der Waals surface area (Å²) in [5, 5.41) is 27.4. The number of aliphatic hydroxyl groups excluding tert-OH is 1. The molecule has 0 saturated carbocycles. The SMILES string of the molecule is O=C(CNC(=O)C(CS)NC(=O)C1CCCN1)NC(CO)C(=O)O. The largest absolute Gasteiger partial charge is 0.480 e. The van der Waals surface area contributed by atoms with Crippen molar-refractivity contribution in [1.82, 2.24) is 21.3 Å². The average Bonchev–Trinajstić information content (AvgIpc) is 3.09. The number of aliphatic carboxylic acids is 1. The molecule has 1 fully saturated rings. The van der Waals surface area contributed by atoms with Crippen molar-refractivity contribution in [2.24, 2.45) is 0 Å². The van der Waals surface area contributed by atoms with Gasteiger partial charge in [-0.05, 0) is 19.4 Å². The maximum atomic E-state index is 12.0. The molecule has 1 aliphatic heterocycles. The summed E-state index contributed by atoms with van der Waals surface area (Å²) in [6.07, 6.45) is 1.57. The van der Waals surface area contributed by atoms with Crippen molar-refractivity contribution in [3.63, 3.8) is 0 Å². The van der Waals surface area contributed by atoms with Crippen LogP contribution in [0, 0.1) is 0 Å². The summed E-state index contributed by atoms with van der Waals surface area (Å²) in [6.45, 7) is -0.505. The van der Waals surface area contributed by atoms with E-state index in [1.54, 1.807) is 0 Å². The maximum Gasteiger partial charge on any atom is 0.328 e. The second kappa shape index (κ2) is 10.1. The number of amides is 3. The highest BCUT2D eigenvalue weighted by atomic mass is 32.1. The highest BCUT2D eigenvalue weighted by molar-refractivity contribution is 7.80. The second-order valence-corrected chi connectivity index (χ2v) is 5.62. The van der Waals surface area contributed by atoms with E-state index in [9.17, 15) is 19.2 Å². The molecule has 1 heterocycles. The van der Waals surface area contributed by atoms with Gasteiger partial charge in [0.05, 0.1) is 19.2 Å². The molecule has 24 heavy (non-hydrogen) atoms. The molecule has 0 aromatic rings. The summed E-state index contributed by atoms with van der Waals surface area (Å²) in [7, 11) is 0. The molecule has 3 unspecified atom stereocenters. The van der Waals surface area contributed by atoms with Crippen LogP contribution in [0.4, 0.5) is 0 Å². The van der Waals surface area contributed by atoms with Gasteiger partial charge in [-0.25, -0.2) is 4.79 Å². The third-order valence-corrected chi connectivity index (χ3v) is 3.80. The number of carbonyl (C=O) groups is 4. The Labute approximate surface area is 144 Å². The van der Waals surface area contributed by atoms with Gasteiger partial charge in [0, 0.05) is 5.75 Å². The fraction of sp³-hybridized carbons (Fsp3) is 0.692. The molecule has 1 rings (SSSR count). The van der Waals surface area contributed by atoms with Crippen LogP contribution in [0.15, 0.2) is 0 Å². The van der Waals surface area contributed by atoms with Crippen LogP contribution in [0.1, 0.15) is 12.8 Å². The van der Waals surface area contributed by atoms with Gasteiger partial charge in [-0.3, -0.25) is 14.4 Å². The van der Waals surface area contributed by atoms with Crippen LogP contribution in [-0.4, -0.2) is 77.5 Å². The molecule has 0 aromatic heterocycles. The third-order valence-electron chi connectivity index (χ3n) is 3.43. The normalized spacial score (nSPS) is 19.2. The van der Waals surface area contributed by atoms with E-state index < -0.39 is 43.0 Å². The first-order valence-electron chi connectivity index (χ1n) is 7.44. The lowest BCUT2D eigenvalue weighted by atomic mass is 10.2. The molecule has 6 N–H and O–H groups in total. The quantitative estimate of drug-likeness (QED) is 0.213. The molecular weight excluding hydrogens is 340 g/mol. The van der Waals surface area contributed by atoms with E-state index in [-0.39, 0.29) is 17.7 Å². The van der Waals surface area contributed by atoms with Crippen LogP contribution in [-0.2, 0) is 19.2 Å². The Morgan fingerprint density at radius 3 is 2.42 bits per heavy atom. The fourth-order valence-corrected chi connectivity index (χ4v) is 2.35. The highest BCUT2D eigenvalue weighted by Gasteiger charge is 2.27. The van der Waals surface area contributed by atoms with Crippen molar-refractivity contribution < 1.29 is 29.4 Å². The molecule has 0 radical (unpaired) electrons. The van der Waals surface area contributed by atoms with Gasteiger partial charge in [-0.2, -0.15) is 12.6 Å². The van der Waals surface area contributed by atoms with Crippen molar-refractivity contribution >= 4 is 36.3 Å². The number of carbonyl (C=O) groups excluding carboxylic acids is 3. The van der Waals surface area contributed by atoms with E-state index in [4.69, 9.17) is 10.2 Å². The molecule has 0 spiro atoms. The minimum absolute atomic E-state index is 0.0420. The lowest BCUT2D eigenvalue weighted by molar-refractivity contribution is -0.142. The van der Waals surface area contributed by atoms with Crippen molar-refractivity contribution in [3.8, 4) is 0 Å². The van der Waals surface area contributed by atoms with Crippen molar-refractivity contribution in [3.05, 3.63) is 0 Å². The van der Waals surface area contributed by atoms with Crippen LogP contribution < -0.4 is 21.3 Å². The summed E-state index contributed by atoms with van der Waals surface area (Å²) >= 11 is 4.01. The molecule has 1 aliphatic rings. The highest BCUT2D eigenvalue weighted by Crippen LogP contribution is 2.05. The maximum absolute atomic E-state index is 12.0. The Kier molecular flexibility index (Phi) is 8.50. The number of nitrogens with one attached hydrogen (secondary N) is 4. The third kappa shape index (κ3) is 6.34. The number of hydrogen-bond acceptors (Lipinski definition) is 7. The van der Waals surface area contributed by atoms with Gasteiger partial charge >= 0.3 is 5.97 Å². The molecule has 0 aromatic carbocycles. The van der Waals surface area contributed by atoms with Crippen LogP contribution in [0.2, 0.25) is 0 Å². The van der Waals surface area contributed by atoms with Crippen LogP contribution in [0.3, 0.4) is 0 Å². The Morgan fingerprint density at radius 2 is 1.92 bits per heavy atom. The number of hydrogen-bond donors (Lipinski definition) is 7. The Balaban J connectivity index is 2.41. The number of rotatable bonds is 9. The number of aliphatic hydroxyl groups is 1. The van der Waals surface area contributed by atoms with E-state index in [0.29, 0.717) is 6.42 Å². The van der Waals surface area contributed by atoms with Crippen LogP contribution in [0.25, 0.3) is 0 Å². The van der Waals surface area contributed by atoms with Gasteiger partial charge in [-0.1, -0.05) is 0 Å². The fourth-order valence-electron chi connectivity index (χ4n) is 2.10. The summed E-state index contributed by atoms with van der Waals surface area (Å²) in [5.74, 6) is -3.03. The molecule has 3 amide bonds. The van der Waals surface area contributed by atoms with Crippen LogP contribution in [0.5, 0.6) is 0 Å². The zero-order chi connectivity index (χ0) is 18.1. The van der Waals surface area contributed by atoms with Gasteiger partial charge < -0.3 is 31.5 Å². The molecular formula is C13H22N4O6S. The first-order valence-corrected chi connectivity index (χ1v) is 8.07. The average molecular weight is 362 g/mol. The summed E-state index contributed by atoms with van der Waals surface area (Å²) < 4.78 is 0. The molecule has 0 aliphatic carbocycles. The Morgan fingerprint density at radius 1 is 1.21 bits per heavy atom. The minimum atomic E-state index is -1.44. The standard InChI is InChI=1S/C13H22N4O6S/c18-5-8(13(22)23)16-10(19)4-15-11(20)9(6-24)17-12(21)7-2-1-3-14-7/h7-9,14,18,24H,1-6H2,(H,15,20)(H,16,19)(H,17,21)(H,22,23). The Hall–Kier alpha value is -1.85. The van der Waals surface area contributed by atoms with Gasteiger partial charge in [0.15, 0.2) is 0 Å². The van der Waals surface area contributed by atoms with E-state index in [2.05, 4.69) is 28.6 Å². The number of thiol groups is 1. The zero-order valence-electron chi connectivity index (χ0n) is 12.9. The van der Waals surface area contributed by atoms with Gasteiger partial charge in [-0.15, -0.1) is 0 Å². The lowest BCUT2D eigenvalue weighted by Gasteiger charge is -2.19. The Bertz CT molecular complexity index is 483. The van der Waals surface area contributed by atoms with Crippen LogP contribution >= 0.6 is 12.6 Å².